The third-order valence-corrected chi connectivity index (χ3v) is 3.57. The third-order valence-electron chi connectivity index (χ3n) is 3.57. The Morgan fingerprint density at radius 1 is 1.42 bits per heavy atom. The van der Waals surface area contributed by atoms with Crippen LogP contribution in [0, 0.1) is 11.3 Å². The molecule has 19 heavy (non-hydrogen) atoms. The van der Waals surface area contributed by atoms with Gasteiger partial charge in [0.15, 0.2) is 0 Å². The number of rotatable bonds is 4. The SMILES string of the molecule is C=C(C)C[C@@H](c1ccccc1C#N)N1CCNCC1. The Bertz CT molecular complexity index is 481. The molecule has 0 unspecified atom stereocenters. The lowest BCUT2D eigenvalue weighted by Gasteiger charge is -2.35. The Balaban J connectivity index is 2.30. The fourth-order valence-corrected chi connectivity index (χ4v) is 2.65. The van der Waals surface area contributed by atoms with Crippen molar-refractivity contribution in [3.63, 3.8) is 0 Å². The number of nitrogens with zero attached hydrogens (tertiary/aromatic N) is 2. The molecule has 0 aliphatic carbocycles. The lowest BCUT2D eigenvalue weighted by atomic mass is 9.94. The Morgan fingerprint density at radius 2 is 2.11 bits per heavy atom. The normalized spacial score (nSPS) is 17.7. The van der Waals surface area contributed by atoms with E-state index in [1.165, 1.54) is 0 Å². The van der Waals surface area contributed by atoms with Gasteiger partial charge in [-0.05, 0) is 25.0 Å². The second-order valence-corrected chi connectivity index (χ2v) is 5.16. The van der Waals surface area contributed by atoms with Crippen LogP contribution in [0.3, 0.4) is 0 Å². The Hall–Kier alpha value is -1.63. The maximum atomic E-state index is 9.30. The summed E-state index contributed by atoms with van der Waals surface area (Å²) < 4.78 is 0. The quantitative estimate of drug-likeness (QED) is 0.840. The van der Waals surface area contributed by atoms with Gasteiger partial charge in [-0.3, -0.25) is 4.90 Å². The van der Waals surface area contributed by atoms with Gasteiger partial charge < -0.3 is 5.32 Å². The van der Waals surface area contributed by atoms with Crippen LogP contribution in [0.25, 0.3) is 0 Å². The highest BCUT2D eigenvalue weighted by atomic mass is 15.2. The van der Waals surface area contributed by atoms with Gasteiger partial charge in [-0.2, -0.15) is 5.26 Å². The van der Waals surface area contributed by atoms with E-state index in [0.717, 1.165) is 49.3 Å². The van der Waals surface area contributed by atoms with Crippen molar-refractivity contribution >= 4 is 0 Å². The highest BCUT2D eigenvalue weighted by Crippen LogP contribution is 2.29. The molecule has 2 rings (SSSR count). The van der Waals surface area contributed by atoms with E-state index in [1.54, 1.807) is 0 Å². The molecule has 1 aromatic rings. The molecule has 1 fully saturated rings. The maximum absolute atomic E-state index is 9.30. The largest absolute Gasteiger partial charge is 0.314 e. The summed E-state index contributed by atoms with van der Waals surface area (Å²) in [6.07, 6.45) is 0.915. The van der Waals surface area contributed by atoms with Gasteiger partial charge in [0, 0.05) is 32.2 Å². The minimum atomic E-state index is 0.274. The van der Waals surface area contributed by atoms with Gasteiger partial charge >= 0.3 is 0 Å². The van der Waals surface area contributed by atoms with E-state index in [4.69, 9.17) is 0 Å². The number of nitrogens with one attached hydrogen (secondary N) is 1. The zero-order valence-corrected chi connectivity index (χ0v) is 11.5. The fraction of sp³-hybridized carbons (Fsp3) is 0.438. The Morgan fingerprint density at radius 3 is 2.74 bits per heavy atom. The van der Waals surface area contributed by atoms with Crippen LogP contribution in [-0.2, 0) is 0 Å². The fourth-order valence-electron chi connectivity index (χ4n) is 2.65. The van der Waals surface area contributed by atoms with Gasteiger partial charge in [-0.15, -0.1) is 6.58 Å². The summed E-state index contributed by atoms with van der Waals surface area (Å²) in [4.78, 5) is 2.46. The smallest absolute Gasteiger partial charge is 0.0995 e. The van der Waals surface area contributed by atoms with Crippen LogP contribution in [0.15, 0.2) is 36.4 Å². The van der Waals surface area contributed by atoms with Crippen LogP contribution in [-0.4, -0.2) is 31.1 Å². The number of nitriles is 1. The van der Waals surface area contributed by atoms with E-state index in [2.05, 4.69) is 35.9 Å². The summed E-state index contributed by atoms with van der Waals surface area (Å²) in [6.45, 7) is 10.2. The first-order valence-electron chi connectivity index (χ1n) is 6.80. The van der Waals surface area contributed by atoms with Crippen LogP contribution in [0.5, 0.6) is 0 Å². The molecule has 3 heteroatoms. The van der Waals surface area contributed by atoms with Gasteiger partial charge in [0.2, 0.25) is 0 Å². The van der Waals surface area contributed by atoms with Crippen molar-refractivity contribution in [1.82, 2.24) is 10.2 Å². The van der Waals surface area contributed by atoms with Crippen LogP contribution < -0.4 is 5.32 Å². The van der Waals surface area contributed by atoms with Crippen LogP contribution >= 0.6 is 0 Å². The molecule has 1 aromatic carbocycles. The first kappa shape index (κ1) is 13.8. The molecule has 1 N–H and O–H groups in total. The zero-order chi connectivity index (χ0) is 13.7. The molecule has 0 aromatic heterocycles. The standard InChI is InChI=1S/C16H21N3/c1-13(2)11-16(19-9-7-18-8-10-19)15-6-4-3-5-14(15)12-17/h3-6,16,18H,1,7-11H2,2H3/t16-/m0/s1. The molecule has 0 saturated carbocycles. The van der Waals surface area contributed by atoms with Gasteiger partial charge in [0.05, 0.1) is 11.6 Å². The van der Waals surface area contributed by atoms with Gasteiger partial charge in [0.1, 0.15) is 0 Å². The molecule has 1 atom stereocenters. The number of hydrogen-bond donors (Lipinski definition) is 1. The zero-order valence-electron chi connectivity index (χ0n) is 11.5. The first-order valence-corrected chi connectivity index (χ1v) is 6.80. The summed E-state index contributed by atoms with van der Waals surface area (Å²) in [7, 11) is 0. The van der Waals surface area contributed by atoms with E-state index in [1.807, 2.05) is 18.2 Å². The summed E-state index contributed by atoms with van der Waals surface area (Å²) in [6, 6.07) is 10.5. The minimum absolute atomic E-state index is 0.274. The highest BCUT2D eigenvalue weighted by molar-refractivity contribution is 5.40. The Labute approximate surface area is 115 Å². The number of hydrogen-bond acceptors (Lipinski definition) is 3. The van der Waals surface area contributed by atoms with Crippen molar-refractivity contribution in [3.8, 4) is 6.07 Å². The van der Waals surface area contributed by atoms with Crippen LogP contribution in [0.4, 0.5) is 0 Å². The van der Waals surface area contributed by atoms with Crippen molar-refractivity contribution in [1.29, 1.82) is 5.26 Å². The predicted molar refractivity (Wildman–Crippen MR) is 77.8 cm³/mol. The van der Waals surface area contributed by atoms with Crippen LogP contribution in [0.1, 0.15) is 30.5 Å². The summed E-state index contributed by atoms with van der Waals surface area (Å²) in [5.41, 5.74) is 3.08. The molecule has 1 aliphatic rings. The van der Waals surface area contributed by atoms with Gasteiger partial charge in [-0.1, -0.05) is 23.8 Å². The lowest BCUT2D eigenvalue weighted by molar-refractivity contribution is 0.172. The Kier molecular flexibility index (Phi) is 4.73. The predicted octanol–water partition coefficient (Wildman–Crippen LogP) is 2.47. The average Bonchev–Trinajstić information content (AvgIpc) is 2.45. The molecule has 0 spiro atoms. The monoisotopic (exact) mass is 255 g/mol. The number of piperazine rings is 1. The molecule has 3 nitrogen and oxygen atoms in total. The van der Waals surface area contributed by atoms with E-state index < -0.39 is 0 Å². The van der Waals surface area contributed by atoms with Crippen molar-refractivity contribution in [2.45, 2.75) is 19.4 Å². The first-order chi connectivity index (χ1) is 9.22. The number of benzene rings is 1. The summed E-state index contributed by atoms with van der Waals surface area (Å²) >= 11 is 0. The molecule has 0 radical (unpaired) electrons. The molecule has 0 bridgehead atoms. The van der Waals surface area contributed by atoms with Crippen molar-refractivity contribution in [2.75, 3.05) is 26.2 Å². The molecular formula is C16H21N3. The summed E-state index contributed by atoms with van der Waals surface area (Å²) in [5.74, 6) is 0. The highest BCUT2D eigenvalue weighted by Gasteiger charge is 2.23. The summed E-state index contributed by atoms with van der Waals surface area (Å²) in [5, 5.41) is 12.7. The molecular weight excluding hydrogens is 234 g/mol. The maximum Gasteiger partial charge on any atom is 0.0995 e. The molecule has 1 aliphatic heterocycles. The van der Waals surface area contributed by atoms with Crippen molar-refractivity contribution < 1.29 is 0 Å². The molecule has 1 saturated heterocycles. The van der Waals surface area contributed by atoms with E-state index in [9.17, 15) is 5.26 Å². The molecule has 0 amide bonds. The van der Waals surface area contributed by atoms with Gasteiger partial charge in [0.25, 0.3) is 0 Å². The van der Waals surface area contributed by atoms with Crippen molar-refractivity contribution in [2.24, 2.45) is 0 Å². The molecule has 1 heterocycles. The second-order valence-electron chi connectivity index (χ2n) is 5.16. The lowest BCUT2D eigenvalue weighted by Crippen LogP contribution is -2.45. The van der Waals surface area contributed by atoms with Gasteiger partial charge in [-0.25, -0.2) is 0 Å². The average molecular weight is 255 g/mol. The third kappa shape index (κ3) is 3.44. The van der Waals surface area contributed by atoms with E-state index in [0.29, 0.717) is 0 Å². The topological polar surface area (TPSA) is 39.1 Å². The van der Waals surface area contributed by atoms with E-state index >= 15 is 0 Å². The van der Waals surface area contributed by atoms with E-state index in [-0.39, 0.29) is 6.04 Å². The van der Waals surface area contributed by atoms with Crippen molar-refractivity contribution in [3.05, 3.63) is 47.5 Å². The second kappa shape index (κ2) is 6.51. The minimum Gasteiger partial charge on any atom is -0.314 e. The van der Waals surface area contributed by atoms with Crippen LogP contribution in [0.2, 0.25) is 0 Å². The molecule has 100 valence electrons.